The van der Waals surface area contributed by atoms with Crippen molar-refractivity contribution in [2.75, 3.05) is 0 Å². The zero-order valence-electron chi connectivity index (χ0n) is 10.8. The van der Waals surface area contributed by atoms with Crippen molar-refractivity contribution in [3.05, 3.63) is 4.60 Å². The molecule has 0 amide bonds. The Morgan fingerprint density at radius 2 is 2.11 bits per heavy atom. The van der Waals surface area contributed by atoms with E-state index >= 15 is 0 Å². The summed E-state index contributed by atoms with van der Waals surface area (Å²) in [5, 5.41) is 16.6. The third-order valence-corrected chi connectivity index (χ3v) is 5.96. The standard InChI is InChI=1S/C10H14BrN5O2S/c1-10(2,6-12)16(7-4-5-7)19(17,18)9-8(11)13-14-15(9)3/h7H,4-5H2,1-3H3. The topological polar surface area (TPSA) is 91.9 Å². The van der Waals surface area contributed by atoms with Gasteiger partial charge in [0.2, 0.25) is 5.03 Å². The van der Waals surface area contributed by atoms with E-state index in [4.69, 9.17) is 0 Å². The first-order valence-corrected chi connectivity index (χ1v) is 7.96. The second-order valence-corrected chi connectivity index (χ2v) is 7.49. The molecule has 104 valence electrons. The van der Waals surface area contributed by atoms with Crippen LogP contribution in [0.3, 0.4) is 0 Å². The molecule has 7 nitrogen and oxygen atoms in total. The summed E-state index contributed by atoms with van der Waals surface area (Å²) >= 11 is 3.10. The van der Waals surface area contributed by atoms with Crippen molar-refractivity contribution in [3.8, 4) is 6.07 Å². The first kappa shape index (κ1) is 14.4. The number of aryl methyl sites for hydroxylation is 1. The minimum Gasteiger partial charge on any atom is -0.235 e. The molecule has 1 heterocycles. The molecule has 0 aromatic carbocycles. The van der Waals surface area contributed by atoms with Crippen LogP contribution in [0.1, 0.15) is 26.7 Å². The minimum absolute atomic E-state index is 0.0253. The lowest BCUT2D eigenvalue weighted by atomic mass is 10.1. The fourth-order valence-corrected chi connectivity index (χ4v) is 5.00. The maximum absolute atomic E-state index is 12.8. The number of aromatic nitrogens is 3. The van der Waals surface area contributed by atoms with E-state index in [9.17, 15) is 13.7 Å². The van der Waals surface area contributed by atoms with Crippen LogP contribution in [0.25, 0.3) is 0 Å². The lowest BCUT2D eigenvalue weighted by Crippen LogP contribution is -2.48. The maximum Gasteiger partial charge on any atom is 0.264 e. The molecule has 1 aromatic rings. The van der Waals surface area contributed by atoms with Gasteiger partial charge in [-0.2, -0.15) is 9.57 Å². The Morgan fingerprint density at radius 3 is 2.47 bits per heavy atom. The first-order chi connectivity index (χ1) is 8.71. The normalized spacial score (nSPS) is 16.6. The molecule has 0 aliphatic heterocycles. The molecule has 1 aromatic heterocycles. The Balaban J connectivity index is 2.57. The highest BCUT2D eigenvalue weighted by atomic mass is 79.9. The van der Waals surface area contributed by atoms with E-state index in [1.165, 1.54) is 16.0 Å². The van der Waals surface area contributed by atoms with Gasteiger partial charge in [-0.1, -0.05) is 5.21 Å². The van der Waals surface area contributed by atoms with Crippen LogP contribution in [0.5, 0.6) is 0 Å². The summed E-state index contributed by atoms with van der Waals surface area (Å²) in [4.78, 5) is 0. The van der Waals surface area contributed by atoms with E-state index in [0.29, 0.717) is 0 Å². The fourth-order valence-electron chi connectivity index (χ4n) is 2.00. The minimum atomic E-state index is -3.82. The predicted octanol–water partition coefficient (Wildman–Crippen LogP) is 1.03. The largest absolute Gasteiger partial charge is 0.264 e. The molecule has 1 aliphatic rings. The summed E-state index contributed by atoms with van der Waals surface area (Å²) in [5.41, 5.74) is -1.11. The van der Waals surface area contributed by atoms with Gasteiger partial charge in [0, 0.05) is 13.1 Å². The van der Waals surface area contributed by atoms with Gasteiger partial charge in [0.25, 0.3) is 10.0 Å². The van der Waals surface area contributed by atoms with Crippen molar-refractivity contribution in [2.24, 2.45) is 7.05 Å². The number of hydrogen-bond acceptors (Lipinski definition) is 5. The van der Waals surface area contributed by atoms with Crippen molar-refractivity contribution >= 4 is 26.0 Å². The summed E-state index contributed by atoms with van der Waals surface area (Å²) < 4.78 is 28.2. The van der Waals surface area contributed by atoms with E-state index in [-0.39, 0.29) is 15.7 Å². The lowest BCUT2D eigenvalue weighted by Gasteiger charge is -2.31. The number of nitriles is 1. The van der Waals surface area contributed by atoms with E-state index in [1.54, 1.807) is 13.8 Å². The highest BCUT2D eigenvalue weighted by Crippen LogP contribution is 2.38. The van der Waals surface area contributed by atoms with Crippen molar-refractivity contribution in [1.29, 1.82) is 5.26 Å². The third-order valence-electron chi connectivity index (χ3n) is 2.94. The summed E-state index contributed by atoms with van der Waals surface area (Å²) in [5.74, 6) is 0. The third kappa shape index (κ3) is 2.40. The SMILES string of the molecule is Cn1nnc(Br)c1S(=O)(=O)N(C1CC1)C(C)(C)C#N. The molecule has 0 atom stereocenters. The molecule has 1 aliphatic carbocycles. The Labute approximate surface area is 120 Å². The van der Waals surface area contributed by atoms with E-state index in [1.807, 2.05) is 0 Å². The first-order valence-electron chi connectivity index (χ1n) is 5.73. The van der Waals surface area contributed by atoms with Crippen LogP contribution in [-0.4, -0.2) is 39.3 Å². The molecule has 0 radical (unpaired) electrons. The monoisotopic (exact) mass is 347 g/mol. The van der Waals surface area contributed by atoms with E-state index in [0.717, 1.165) is 12.8 Å². The van der Waals surface area contributed by atoms with Gasteiger partial charge in [-0.15, -0.1) is 5.10 Å². The zero-order chi connectivity index (χ0) is 14.4. The van der Waals surface area contributed by atoms with Gasteiger partial charge in [0.15, 0.2) is 4.60 Å². The van der Waals surface area contributed by atoms with Crippen LogP contribution < -0.4 is 0 Å². The Hall–Kier alpha value is -0.980. The number of sulfonamides is 1. The molecule has 1 saturated carbocycles. The molecule has 19 heavy (non-hydrogen) atoms. The highest BCUT2D eigenvalue weighted by molar-refractivity contribution is 9.10. The van der Waals surface area contributed by atoms with Gasteiger partial charge >= 0.3 is 0 Å². The number of nitrogens with zero attached hydrogens (tertiary/aromatic N) is 5. The Bertz CT molecular complexity index is 622. The van der Waals surface area contributed by atoms with Crippen LogP contribution >= 0.6 is 15.9 Å². The molecular weight excluding hydrogens is 334 g/mol. The number of rotatable bonds is 4. The van der Waals surface area contributed by atoms with Crippen molar-refractivity contribution in [1.82, 2.24) is 19.3 Å². The van der Waals surface area contributed by atoms with Gasteiger partial charge in [-0.3, -0.25) is 0 Å². The second-order valence-electron chi connectivity index (χ2n) is 5.01. The van der Waals surface area contributed by atoms with Gasteiger partial charge < -0.3 is 0 Å². The van der Waals surface area contributed by atoms with Crippen molar-refractivity contribution < 1.29 is 8.42 Å². The van der Waals surface area contributed by atoms with Crippen LogP contribution in [0.4, 0.5) is 0 Å². The summed E-state index contributed by atoms with van der Waals surface area (Å²) in [6, 6.07) is 1.93. The van der Waals surface area contributed by atoms with Crippen LogP contribution in [0.15, 0.2) is 9.63 Å². The Morgan fingerprint density at radius 1 is 1.53 bits per heavy atom. The van der Waals surface area contributed by atoms with Crippen LogP contribution in [0, 0.1) is 11.3 Å². The van der Waals surface area contributed by atoms with Gasteiger partial charge in [-0.25, -0.2) is 13.1 Å². The van der Waals surface area contributed by atoms with Gasteiger partial charge in [-0.05, 0) is 42.6 Å². The van der Waals surface area contributed by atoms with Crippen molar-refractivity contribution in [2.45, 2.75) is 43.3 Å². The average molecular weight is 348 g/mol. The molecular formula is C10H14BrN5O2S. The lowest BCUT2D eigenvalue weighted by molar-refractivity contribution is 0.278. The van der Waals surface area contributed by atoms with Crippen molar-refractivity contribution in [3.63, 3.8) is 0 Å². The predicted molar refractivity (Wildman–Crippen MR) is 70.4 cm³/mol. The summed E-state index contributed by atoms with van der Waals surface area (Å²) in [7, 11) is -2.31. The average Bonchev–Trinajstić information content (AvgIpc) is 3.03. The zero-order valence-corrected chi connectivity index (χ0v) is 13.2. The molecule has 0 N–H and O–H groups in total. The van der Waals surface area contributed by atoms with Crippen LogP contribution in [0.2, 0.25) is 0 Å². The molecule has 0 bridgehead atoms. The molecule has 2 rings (SSSR count). The smallest absolute Gasteiger partial charge is 0.235 e. The molecule has 1 fully saturated rings. The Kier molecular flexibility index (Phi) is 3.45. The fraction of sp³-hybridized carbons (Fsp3) is 0.700. The second kappa shape index (κ2) is 4.54. The highest BCUT2D eigenvalue weighted by Gasteiger charge is 2.48. The maximum atomic E-state index is 12.8. The number of halogens is 1. The number of hydrogen-bond donors (Lipinski definition) is 0. The van der Waals surface area contributed by atoms with E-state index in [2.05, 4.69) is 32.3 Å². The van der Waals surface area contributed by atoms with Crippen LogP contribution in [-0.2, 0) is 17.1 Å². The molecule has 0 spiro atoms. The van der Waals surface area contributed by atoms with Gasteiger partial charge in [0.1, 0.15) is 5.54 Å². The quantitative estimate of drug-likeness (QED) is 0.810. The molecule has 0 saturated heterocycles. The summed E-state index contributed by atoms with van der Waals surface area (Å²) in [6.07, 6.45) is 1.54. The van der Waals surface area contributed by atoms with E-state index < -0.39 is 15.6 Å². The molecule has 9 heteroatoms. The van der Waals surface area contributed by atoms with Gasteiger partial charge in [0.05, 0.1) is 6.07 Å². The molecule has 0 unspecified atom stereocenters. The summed E-state index contributed by atoms with van der Waals surface area (Å²) in [6.45, 7) is 3.20.